The van der Waals surface area contributed by atoms with E-state index >= 15 is 0 Å². The first-order valence-corrected chi connectivity index (χ1v) is 4.44. The van der Waals surface area contributed by atoms with Gasteiger partial charge in [0.1, 0.15) is 0 Å². The quantitative estimate of drug-likeness (QED) is 0.332. The molecule has 17 heavy (non-hydrogen) atoms. The summed E-state index contributed by atoms with van der Waals surface area (Å²) >= 11 is 0. The van der Waals surface area contributed by atoms with Gasteiger partial charge in [0.15, 0.2) is 0 Å². The molecule has 0 aromatic carbocycles. The molecule has 0 atom stereocenters. The molecule has 1 aliphatic rings. The minimum Gasteiger partial charge on any atom is -0.103 e. The zero-order valence-corrected chi connectivity index (χ0v) is 11.9. The van der Waals surface area contributed by atoms with Gasteiger partial charge in [-0.15, -0.1) is 6.58 Å². The molecular weight excluding hydrogens is 296 g/mol. The van der Waals surface area contributed by atoms with Crippen LogP contribution in [0.15, 0.2) is 12.7 Å². The Kier molecular flexibility index (Phi) is 44.9. The largest absolute Gasteiger partial charge is 0.103 e. The molecule has 0 aromatic rings. The van der Waals surface area contributed by atoms with Gasteiger partial charge >= 0.3 is 22.6 Å². The van der Waals surface area contributed by atoms with Gasteiger partial charge in [0.25, 0.3) is 0 Å². The zero-order valence-electron chi connectivity index (χ0n) is 9.89. The third kappa shape index (κ3) is 31.3. The third-order valence-electron chi connectivity index (χ3n) is 1.37. The van der Waals surface area contributed by atoms with Crippen molar-refractivity contribution in [3.63, 3.8) is 0 Å². The van der Waals surface area contributed by atoms with Crippen LogP contribution in [0.4, 0.5) is 0 Å². The summed E-state index contributed by atoms with van der Waals surface area (Å²) in [5, 5.41) is 0. The third-order valence-corrected chi connectivity index (χ3v) is 1.37. The van der Waals surface area contributed by atoms with Crippen LogP contribution in [-0.2, 0) is 30.4 Å². The molecule has 0 aromatic heterocycles. The molecule has 3 heteroatoms. The van der Waals surface area contributed by atoms with Gasteiger partial charge < -0.3 is 0 Å². The maximum absolute atomic E-state index is 7.50. The molecule has 90 valence electrons. The van der Waals surface area contributed by atoms with Gasteiger partial charge in [-0.05, 0) is 57.8 Å². The molecule has 1 rings (SSSR count). The van der Waals surface area contributed by atoms with Gasteiger partial charge in [0.05, 0.1) is 0 Å². The van der Waals surface area contributed by atoms with E-state index in [4.69, 9.17) is 9.30 Å². The second-order valence-corrected chi connectivity index (χ2v) is 2.51. The second kappa shape index (κ2) is 29.7. The van der Waals surface area contributed by atoms with Crippen molar-refractivity contribution in [2.75, 3.05) is 0 Å². The smallest absolute Gasteiger partial charge is 0 e. The topological polar surface area (TPSA) is 39.8 Å². The van der Waals surface area contributed by atoms with E-state index < -0.39 is 0 Å². The predicted molar refractivity (Wildman–Crippen MR) is 62.7 cm³/mol. The predicted octanol–water partition coefficient (Wildman–Crippen LogP) is 3.14. The first-order chi connectivity index (χ1) is 7.81. The van der Waals surface area contributed by atoms with Gasteiger partial charge in [-0.1, -0.05) is 13.0 Å². The molecule has 0 amide bonds. The maximum atomic E-state index is 7.50. The summed E-state index contributed by atoms with van der Waals surface area (Å²) < 4.78 is 15.0. The number of hydrogen-bond donors (Lipinski definition) is 0. The van der Waals surface area contributed by atoms with Crippen molar-refractivity contribution in [3.8, 4) is 0 Å². The Bertz CT molecular complexity index is 146. The van der Waals surface area contributed by atoms with Crippen molar-refractivity contribution in [3.05, 3.63) is 77.3 Å². The van der Waals surface area contributed by atoms with E-state index in [1.165, 1.54) is 5.92 Å². The van der Waals surface area contributed by atoms with Crippen LogP contribution < -0.4 is 0 Å². The van der Waals surface area contributed by atoms with Crippen molar-refractivity contribution in [1.82, 2.24) is 0 Å². The first kappa shape index (κ1) is 25.7. The monoisotopic (exact) mass is 314 g/mol. The van der Waals surface area contributed by atoms with Crippen molar-refractivity contribution < 1.29 is 30.4 Å². The van der Waals surface area contributed by atoms with Gasteiger partial charge in [-0.3, -0.25) is 0 Å². The minimum absolute atomic E-state index is 0. The summed E-state index contributed by atoms with van der Waals surface area (Å²) in [5.41, 5.74) is 0. The van der Waals surface area contributed by atoms with E-state index in [9.17, 15) is 0 Å². The second-order valence-electron chi connectivity index (χ2n) is 2.51. The molecule has 0 unspecified atom stereocenters. The SMILES string of the molecule is [C-]#[O+].[C-]#[O+].[CH2][CH][C](C)CC=C.[CH]1[CH][CH][CH][CH]1.[Mo]. The van der Waals surface area contributed by atoms with Crippen LogP contribution in [0.25, 0.3) is 0 Å². The van der Waals surface area contributed by atoms with Crippen LogP contribution in [0.5, 0.6) is 0 Å². The van der Waals surface area contributed by atoms with Gasteiger partial charge in [0, 0.05) is 21.1 Å². The van der Waals surface area contributed by atoms with Crippen LogP contribution in [0.2, 0.25) is 0 Å². The van der Waals surface area contributed by atoms with E-state index in [-0.39, 0.29) is 21.1 Å². The standard InChI is InChI=1S/C7H11.C5H5.2CO.Mo/c1-4-6-7(3)5-2;1-2-4-5-3-1;2*1-2;/h4-5H,1-2,6H2,3H3;1-5H;;;. The van der Waals surface area contributed by atoms with E-state index in [1.807, 2.05) is 51.5 Å². The fraction of sp³-hybridized carbons (Fsp3) is 0.143. The van der Waals surface area contributed by atoms with Gasteiger partial charge in [0.2, 0.25) is 0 Å². The molecule has 0 aliphatic heterocycles. The molecule has 8 radical (unpaired) electrons. The molecular formula is C14H16MoO2. The van der Waals surface area contributed by atoms with Crippen molar-refractivity contribution >= 4 is 0 Å². The molecule has 0 N–H and O–H groups in total. The normalized spacial score (nSPS) is 11.2. The Morgan fingerprint density at radius 3 is 1.47 bits per heavy atom. The summed E-state index contributed by atoms with van der Waals surface area (Å²) in [7, 11) is 0. The molecule has 0 spiro atoms. The van der Waals surface area contributed by atoms with Crippen molar-refractivity contribution in [2.24, 2.45) is 0 Å². The summed E-state index contributed by atoms with van der Waals surface area (Å²) in [5.74, 6) is 1.27. The first-order valence-electron chi connectivity index (χ1n) is 4.44. The summed E-state index contributed by atoms with van der Waals surface area (Å²) in [6.45, 7) is 18.2. The number of hydrogen-bond acceptors (Lipinski definition) is 0. The van der Waals surface area contributed by atoms with Crippen LogP contribution in [-0.4, -0.2) is 0 Å². The molecule has 0 saturated heterocycles. The summed E-state index contributed by atoms with van der Waals surface area (Å²) in [4.78, 5) is 0. The fourth-order valence-corrected chi connectivity index (χ4v) is 0.632. The van der Waals surface area contributed by atoms with Crippen LogP contribution in [0, 0.1) is 64.7 Å². The molecule has 0 bridgehead atoms. The Morgan fingerprint density at radius 2 is 1.35 bits per heavy atom. The van der Waals surface area contributed by atoms with Crippen LogP contribution in [0.3, 0.4) is 0 Å². The van der Waals surface area contributed by atoms with Gasteiger partial charge in [-0.2, -0.15) is 0 Å². The van der Waals surface area contributed by atoms with E-state index in [2.05, 4.69) is 26.8 Å². The van der Waals surface area contributed by atoms with Crippen molar-refractivity contribution in [2.45, 2.75) is 13.3 Å². The molecule has 2 nitrogen and oxygen atoms in total. The molecule has 1 fully saturated rings. The molecule has 0 heterocycles. The Balaban J connectivity index is -0.0000000747. The summed E-state index contributed by atoms with van der Waals surface area (Å²) in [6, 6.07) is 0. The maximum Gasteiger partial charge on any atom is 0 e. The molecule has 1 saturated carbocycles. The zero-order chi connectivity index (χ0) is 13.2. The van der Waals surface area contributed by atoms with E-state index in [1.54, 1.807) is 0 Å². The average molecular weight is 312 g/mol. The minimum atomic E-state index is 0. The van der Waals surface area contributed by atoms with Crippen LogP contribution in [0.1, 0.15) is 13.3 Å². The average Bonchev–Trinajstić information content (AvgIpc) is 2.93. The Morgan fingerprint density at radius 1 is 1.06 bits per heavy atom. The van der Waals surface area contributed by atoms with Crippen molar-refractivity contribution in [1.29, 1.82) is 0 Å². The number of rotatable bonds is 3. The fourth-order valence-electron chi connectivity index (χ4n) is 0.632. The Labute approximate surface area is 121 Å². The van der Waals surface area contributed by atoms with E-state index in [0.717, 1.165) is 6.42 Å². The summed E-state index contributed by atoms with van der Waals surface area (Å²) in [6.07, 6.45) is 14.7. The Hall–Kier alpha value is -0.0917. The number of allylic oxidation sites excluding steroid dienone is 1. The molecule has 1 aliphatic carbocycles. The van der Waals surface area contributed by atoms with Crippen LogP contribution >= 0.6 is 0 Å². The van der Waals surface area contributed by atoms with Gasteiger partial charge in [-0.25, -0.2) is 0 Å². The van der Waals surface area contributed by atoms with E-state index in [0.29, 0.717) is 0 Å².